The molecule has 0 atom stereocenters. The Morgan fingerprint density at radius 1 is 0.889 bits per heavy atom. The SMILES string of the molecule is CCOC(=O)N=C1C=CC(=NC(=O)OCC)C=C1. The van der Waals surface area contributed by atoms with Gasteiger partial charge in [0.15, 0.2) is 0 Å². The summed E-state index contributed by atoms with van der Waals surface area (Å²) in [5, 5.41) is 0. The van der Waals surface area contributed by atoms with E-state index in [-0.39, 0.29) is 13.2 Å². The van der Waals surface area contributed by atoms with Gasteiger partial charge < -0.3 is 9.47 Å². The normalized spacial score (nSPS) is 13.2. The molecule has 0 bridgehead atoms. The van der Waals surface area contributed by atoms with Crippen LogP contribution in [0, 0.1) is 0 Å². The fraction of sp³-hybridized carbons (Fsp3) is 0.333. The monoisotopic (exact) mass is 250 g/mol. The van der Waals surface area contributed by atoms with Crippen molar-refractivity contribution in [2.24, 2.45) is 9.98 Å². The number of hydrogen-bond acceptors (Lipinski definition) is 4. The van der Waals surface area contributed by atoms with Crippen molar-refractivity contribution in [1.82, 2.24) is 0 Å². The van der Waals surface area contributed by atoms with Crippen molar-refractivity contribution in [2.45, 2.75) is 13.8 Å². The maximum atomic E-state index is 11.1. The molecule has 6 heteroatoms. The fourth-order valence-corrected chi connectivity index (χ4v) is 1.12. The van der Waals surface area contributed by atoms with Crippen molar-refractivity contribution < 1.29 is 19.1 Å². The highest BCUT2D eigenvalue weighted by Gasteiger charge is 2.05. The maximum absolute atomic E-state index is 11.1. The molecule has 0 aromatic carbocycles. The number of amides is 2. The lowest BCUT2D eigenvalue weighted by Gasteiger charge is -2.02. The predicted molar refractivity (Wildman–Crippen MR) is 67.2 cm³/mol. The third kappa shape index (κ3) is 4.73. The van der Waals surface area contributed by atoms with E-state index in [4.69, 9.17) is 0 Å². The van der Waals surface area contributed by atoms with Crippen LogP contribution in [0.2, 0.25) is 0 Å². The summed E-state index contributed by atoms with van der Waals surface area (Å²) in [6.45, 7) is 3.96. The number of carbonyl (C=O) groups excluding carboxylic acids is 2. The maximum Gasteiger partial charge on any atom is 0.434 e. The molecule has 0 N–H and O–H groups in total. The summed E-state index contributed by atoms with van der Waals surface area (Å²) in [6.07, 6.45) is 4.97. The topological polar surface area (TPSA) is 77.3 Å². The number of carbonyl (C=O) groups is 2. The molecule has 0 aromatic rings. The molecule has 0 fully saturated rings. The van der Waals surface area contributed by atoms with E-state index < -0.39 is 12.2 Å². The zero-order valence-electron chi connectivity index (χ0n) is 10.3. The summed E-state index contributed by atoms with van der Waals surface area (Å²) >= 11 is 0. The van der Waals surface area contributed by atoms with E-state index in [1.165, 1.54) is 0 Å². The lowest BCUT2D eigenvalue weighted by atomic mass is 10.1. The second-order valence-corrected chi connectivity index (χ2v) is 3.14. The van der Waals surface area contributed by atoms with Crippen molar-refractivity contribution in [3.63, 3.8) is 0 Å². The fourth-order valence-electron chi connectivity index (χ4n) is 1.12. The Morgan fingerprint density at radius 3 is 1.50 bits per heavy atom. The number of rotatable bonds is 2. The Hall–Kier alpha value is -2.24. The molecule has 0 spiro atoms. The van der Waals surface area contributed by atoms with Gasteiger partial charge in [-0.05, 0) is 38.2 Å². The Bertz CT molecular complexity index is 389. The second kappa shape index (κ2) is 7.16. The van der Waals surface area contributed by atoms with Crippen LogP contribution in [0.25, 0.3) is 0 Å². The van der Waals surface area contributed by atoms with Crippen molar-refractivity contribution >= 4 is 23.6 Å². The van der Waals surface area contributed by atoms with Gasteiger partial charge in [-0.1, -0.05) is 0 Å². The highest BCUT2D eigenvalue weighted by atomic mass is 16.5. The van der Waals surface area contributed by atoms with Gasteiger partial charge in [-0.25, -0.2) is 9.59 Å². The molecule has 18 heavy (non-hydrogen) atoms. The van der Waals surface area contributed by atoms with Gasteiger partial charge in [0, 0.05) is 0 Å². The number of allylic oxidation sites excluding steroid dienone is 4. The van der Waals surface area contributed by atoms with E-state index >= 15 is 0 Å². The molecule has 96 valence electrons. The average Bonchev–Trinajstić information content (AvgIpc) is 2.32. The van der Waals surface area contributed by atoms with Gasteiger partial charge in [-0.2, -0.15) is 9.98 Å². The predicted octanol–water partition coefficient (Wildman–Crippen LogP) is 2.31. The highest BCUT2D eigenvalue weighted by Crippen LogP contribution is 2.00. The quantitative estimate of drug-likeness (QED) is 0.704. The molecule has 1 rings (SSSR count). The summed E-state index contributed by atoms with van der Waals surface area (Å²) in [4.78, 5) is 29.5. The number of hydrogen-bond donors (Lipinski definition) is 0. The van der Waals surface area contributed by atoms with E-state index in [1.807, 2.05) is 0 Å². The summed E-state index contributed by atoms with van der Waals surface area (Å²) in [5.41, 5.74) is 0.882. The first kappa shape index (κ1) is 13.8. The van der Waals surface area contributed by atoms with Crippen LogP contribution in [-0.2, 0) is 9.47 Å². The molecule has 1 aliphatic carbocycles. The van der Waals surface area contributed by atoms with Gasteiger partial charge in [0.05, 0.1) is 24.6 Å². The summed E-state index contributed by atoms with van der Waals surface area (Å²) in [7, 11) is 0. The van der Waals surface area contributed by atoms with Crippen LogP contribution >= 0.6 is 0 Å². The first-order chi connectivity index (χ1) is 8.65. The molecule has 1 aliphatic rings. The van der Waals surface area contributed by atoms with Gasteiger partial charge in [0.2, 0.25) is 0 Å². The van der Waals surface area contributed by atoms with Crippen LogP contribution in [0.4, 0.5) is 9.59 Å². The molecule has 0 heterocycles. The molecule has 0 unspecified atom stereocenters. The molecule has 2 amide bonds. The van der Waals surface area contributed by atoms with Crippen LogP contribution in [0.15, 0.2) is 34.3 Å². The first-order valence-corrected chi connectivity index (χ1v) is 5.52. The van der Waals surface area contributed by atoms with Crippen LogP contribution in [0.5, 0.6) is 0 Å². The highest BCUT2D eigenvalue weighted by molar-refractivity contribution is 6.21. The Labute approximate surface area is 105 Å². The van der Waals surface area contributed by atoms with Gasteiger partial charge >= 0.3 is 12.2 Å². The van der Waals surface area contributed by atoms with Crippen molar-refractivity contribution in [3.8, 4) is 0 Å². The largest absolute Gasteiger partial charge is 0.448 e. The molecule has 6 nitrogen and oxygen atoms in total. The van der Waals surface area contributed by atoms with Gasteiger partial charge in [-0.3, -0.25) is 0 Å². The Balaban J connectivity index is 2.64. The molecular weight excluding hydrogens is 236 g/mol. The van der Waals surface area contributed by atoms with E-state index in [0.29, 0.717) is 11.4 Å². The lowest BCUT2D eigenvalue weighted by molar-refractivity contribution is 0.162. The second-order valence-electron chi connectivity index (χ2n) is 3.14. The molecule has 0 aromatic heterocycles. The van der Waals surface area contributed by atoms with E-state index in [0.717, 1.165) is 0 Å². The summed E-state index contributed by atoms with van der Waals surface area (Å²) in [5.74, 6) is 0. The standard InChI is InChI=1S/C12H14N2O4/c1-3-17-11(15)13-9-5-7-10(8-6-9)14-12(16)18-4-2/h5-8H,3-4H2,1-2H3. The third-order valence-electron chi connectivity index (χ3n) is 1.83. The molecular formula is C12H14N2O4. The molecule has 0 saturated carbocycles. The Kier molecular flexibility index (Phi) is 5.50. The average molecular weight is 250 g/mol. The Morgan fingerprint density at radius 2 is 1.22 bits per heavy atom. The van der Waals surface area contributed by atoms with Crippen LogP contribution in [0.3, 0.4) is 0 Å². The van der Waals surface area contributed by atoms with E-state index in [2.05, 4.69) is 19.5 Å². The van der Waals surface area contributed by atoms with E-state index in [1.54, 1.807) is 38.2 Å². The minimum atomic E-state index is -0.646. The number of nitrogens with zero attached hydrogens (tertiary/aromatic N) is 2. The van der Waals surface area contributed by atoms with Crippen LogP contribution < -0.4 is 0 Å². The van der Waals surface area contributed by atoms with Gasteiger partial charge in [0.25, 0.3) is 0 Å². The van der Waals surface area contributed by atoms with Crippen LogP contribution in [-0.4, -0.2) is 36.8 Å². The summed E-state index contributed by atoms with van der Waals surface area (Å²) in [6, 6.07) is 0. The van der Waals surface area contributed by atoms with Crippen molar-refractivity contribution in [1.29, 1.82) is 0 Å². The smallest absolute Gasteiger partial charge is 0.434 e. The minimum Gasteiger partial charge on any atom is -0.448 e. The van der Waals surface area contributed by atoms with Gasteiger partial charge in [-0.15, -0.1) is 0 Å². The molecule has 0 saturated heterocycles. The van der Waals surface area contributed by atoms with Crippen molar-refractivity contribution in [3.05, 3.63) is 24.3 Å². The molecule has 0 radical (unpaired) electrons. The number of aliphatic imine (C=N–C) groups is 2. The van der Waals surface area contributed by atoms with Crippen molar-refractivity contribution in [2.75, 3.05) is 13.2 Å². The minimum absolute atomic E-state index is 0.276. The lowest BCUT2D eigenvalue weighted by Crippen LogP contribution is -2.07. The third-order valence-corrected chi connectivity index (χ3v) is 1.83. The first-order valence-electron chi connectivity index (χ1n) is 5.52. The zero-order valence-corrected chi connectivity index (χ0v) is 10.3. The van der Waals surface area contributed by atoms with Gasteiger partial charge in [0.1, 0.15) is 0 Å². The van der Waals surface area contributed by atoms with Crippen LogP contribution in [0.1, 0.15) is 13.8 Å². The number of ether oxygens (including phenoxy) is 2. The zero-order chi connectivity index (χ0) is 13.4. The van der Waals surface area contributed by atoms with E-state index in [9.17, 15) is 9.59 Å². The summed E-state index contributed by atoms with van der Waals surface area (Å²) < 4.78 is 9.34. The molecule has 0 aliphatic heterocycles.